The quantitative estimate of drug-likeness (QED) is 0.803. The molecule has 1 fully saturated rings. The third kappa shape index (κ3) is 1.93. The molecule has 17 heavy (non-hydrogen) atoms. The Bertz CT molecular complexity index is 413. The fourth-order valence-electron chi connectivity index (χ4n) is 3.14. The van der Waals surface area contributed by atoms with Crippen molar-refractivity contribution in [1.82, 2.24) is 4.90 Å². The largest absolute Gasteiger partial charge is 0.380 e. The Hall–Kier alpha value is -1.09. The Morgan fingerprint density at radius 1 is 1.29 bits per heavy atom. The minimum Gasteiger partial charge on any atom is -0.380 e. The fourth-order valence-corrected chi connectivity index (χ4v) is 3.14. The van der Waals surface area contributed by atoms with Crippen LogP contribution >= 0.6 is 0 Å². The van der Waals surface area contributed by atoms with Crippen molar-refractivity contribution in [3.05, 3.63) is 29.6 Å². The van der Waals surface area contributed by atoms with E-state index in [0.29, 0.717) is 12.1 Å². The van der Waals surface area contributed by atoms with Gasteiger partial charge in [0.2, 0.25) is 0 Å². The monoisotopic (exact) mass is 234 g/mol. The van der Waals surface area contributed by atoms with Crippen LogP contribution in [0.2, 0.25) is 0 Å². The van der Waals surface area contributed by atoms with E-state index in [1.807, 2.05) is 6.07 Å². The van der Waals surface area contributed by atoms with Crippen LogP contribution in [0.15, 0.2) is 18.2 Å². The normalized spacial score (nSPS) is 28.8. The summed E-state index contributed by atoms with van der Waals surface area (Å²) in [4.78, 5) is 2.51. The number of benzene rings is 1. The van der Waals surface area contributed by atoms with Gasteiger partial charge in [-0.1, -0.05) is 12.1 Å². The second-order valence-corrected chi connectivity index (χ2v) is 5.24. The van der Waals surface area contributed by atoms with Gasteiger partial charge in [-0.2, -0.15) is 0 Å². The molecule has 0 aromatic heterocycles. The lowest BCUT2D eigenvalue weighted by atomic mass is 9.92. The standard InChI is InChI=1S/C14H19FN2/c1-10-9-13(17-7-2-3-8-17)11-5-4-6-12(15)14(11)16-10/h4-6,10,13,16H,2-3,7-9H2,1H3. The number of hydrogen-bond acceptors (Lipinski definition) is 2. The van der Waals surface area contributed by atoms with Gasteiger partial charge in [-0.15, -0.1) is 0 Å². The predicted octanol–water partition coefficient (Wildman–Crippen LogP) is 3.17. The first-order chi connectivity index (χ1) is 8.25. The van der Waals surface area contributed by atoms with Gasteiger partial charge in [-0.3, -0.25) is 4.90 Å². The summed E-state index contributed by atoms with van der Waals surface area (Å²) < 4.78 is 13.8. The maximum absolute atomic E-state index is 13.8. The van der Waals surface area contributed by atoms with Crippen molar-refractivity contribution in [1.29, 1.82) is 0 Å². The van der Waals surface area contributed by atoms with Crippen LogP contribution in [0.5, 0.6) is 0 Å². The van der Waals surface area contributed by atoms with E-state index in [9.17, 15) is 4.39 Å². The molecule has 0 saturated carbocycles. The number of para-hydroxylation sites is 1. The molecule has 3 rings (SSSR count). The Morgan fingerprint density at radius 2 is 2.06 bits per heavy atom. The smallest absolute Gasteiger partial charge is 0.146 e. The van der Waals surface area contributed by atoms with Gasteiger partial charge in [-0.25, -0.2) is 4.39 Å². The van der Waals surface area contributed by atoms with E-state index < -0.39 is 0 Å². The Labute approximate surface area is 102 Å². The molecule has 0 radical (unpaired) electrons. The van der Waals surface area contributed by atoms with Crippen molar-refractivity contribution in [2.75, 3.05) is 18.4 Å². The number of fused-ring (bicyclic) bond motifs is 1. The third-order valence-electron chi connectivity index (χ3n) is 3.95. The molecular weight excluding hydrogens is 215 g/mol. The molecule has 0 spiro atoms. The summed E-state index contributed by atoms with van der Waals surface area (Å²) in [7, 11) is 0. The first-order valence-electron chi connectivity index (χ1n) is 6.54. The first kappa shape index (κ1) is 11.0. The maximum atomic E-state index is 13.8. The Morgan fingerprint density at radius 3 is 2.82 bits per heavy atom. The van der Waals surface area contributed by atoms with E-state index in [-0.39, 0.29) is 5.82 Å². The molecule has 2 nitrogen and oxygen atoms in total. The lowest BCUT2D eigenvalue weighted by molar-refractivity contribution is 0.222. The van der Waals surface area contributed by atoms with E-state index in [1.54, 1.807) is 6.07 Å². The average molecular weight is 234 g/mol. The summed E-state index contributed by atoms with van der Waals surface area (Å²) in [5.41, 5.74) is 1.87. The SMILES string of the molecule is CC1CC(N2CCCC2)c2cccc(F)c2N1. The van der Waals surface area contributed by atoms with Crippen LogP contribution in [0.4, 0.5) is 10.1 Å². The summed E-state index contributed by atoms with van der Waals surface area (Å²) >= 11 is 0. The molecule has 1 aromatic carbocycles. The van der Waals surface area contributed by atoms with Crippen LogP contribution in [0.3, 0.4) is 0 Å². The first-order valence-corrected chi connectivity index (χ1v) is 6.54. The molecule has 1 aromatic rings. The lowest BCUT2D eigenvalue weighted by Crippen LogP contribution is -2.35. The molecule has 3 heteroatoms. The molecule has 0 aliphatic carbocycles. The van der Waals surface area contributed by atoms with Gasteiger partial charge in [0.15, 0.2) is 0 Å². The zero-order valence-electron chi connectivity index (χ0n) is 10.2. The zero-order chi connectivity index (χ0) is 11.8. The second-order valence-electron chi connectivity index (χ2n) is 5.24. The van der Waals surface area contributed by atoms with Gasteiger partial charge in [0, 0.05) is 12.1 Å². The Kier molecular flexibility index (Phi) is 2.79. The molecule has 1 saturated heterocycles. The number of nitrogens with zero attached hydrogens (tertiary/aromatic N) is 1. The summed E-state index contributed by atoms with van der Waals surface area (Å²) in [6.07, 6.45) is 3.64. The minimum atomic E-state index is -0.113. The van der Waals surface area contributed by atoms with Gasteiger partial charge >= 0.3 is 0 Å². The van der Waals surface area contributed by atoms with Crippen LogP contribution in [0.1, 0.15) is 37.8 Å². The summed E-state index contributed by atoms with van der Waals surface area (Å²) in [5.74, 6) is -0.113. The highest BCUT2D eigenvalue weighted by atomic mass is 19.1. The van der Waals surface area contributed by atoms with E-state index in [1.165, 1.54) is 12.8 Å². The number of hydrogen-bond donors (Lipinski definition) is 1. The highest BCUT2D eigenvalue weighted by Gasteiger charge is 2.31. The van der Waals surface area contributed by atoms with Gasteiger partial charge in [0.1, 0.15) is 5.82 Å². The second kappa shape index (κ2) is 4.30. The molecular formula is C14H19FN2. The number of halogens is 1. The third-order valence-corrected chi connectivity index (χ3v) is 3.95. The van der Waals surface area contributed by atoms with E-state index in [4.69, 9.17) is 0 Å². The minimum absolute atomic E-state index is 0.113. The summed E-state index contributed by atoms with van der Waals surface area (Å²) in [5, 5.41) is 3.28. The van der Waals surface area contributed by atoms with Gasteiger partial charge < -0.3 is 5.32 Å². The van der Waals surface area contributed by atoms with Crippen molar-refractivity contribution < 1.29 is 4.39 Å². The highest BCUT2D eigenvalue weighted by molar-refractivity contribution is 5.56. The molecule has 2 unspecified atom stereocenters. The molecule has 2 aliphatic rings. The Balaban J connectivity index is 1.98. The van der Waals surface area contributed by atoms with Crippen molar-refractivity contribution in [2.24, 2.45) is 0 Å². The number of rotatable bonds is 1. The zero-order valence-corrected chi connectivity index (χ0v) is 10.2. The lowest BCUT2D eigenvalue weighted by Gasteiger charge is -2.37. The van der Waals surface area contributed by atoms with Crippen molar-refractivity contribution >= 4 is 5.69 Å². The molecule has 2 aliphatic heterocycles. The number of likely N-dealkylation sites (tertiary alicyclic amines) is 1. The molecule has 0 bridgehead atoms. The molecule has 92 valence electrons. The van der Waals surface area contributed by atoms with Crippen molar-refractivity contribution in [3.63, 3.8) is 0 Å². The van der Waals surface area contributed by atoms with Crippen LogP contribution in [-0.4, -0.2) is 24.0 Å². The van der Waals surface area contributed by atoms with Crippen LogP contribution < -0.4 is 5.32 Å². The average Bonchev–Trinajstić information content (AvgIpc) is 2.83. The molecule has 2 atom stereocenters. The van der Waals surface area contributed by atoms with Crippen molar-refractivity contribution in [3.8, 4) is 0 Å². The van der Waals surface area contributed by atoms with Crippen LogP contribution in [-0.2, 0) is 0 Å². The number of nitrogens with one attached hydrogen (secondary N) is 1. The van der Waals surface area contributed by atoms with Crippen LogP contribution in [0.25, 0.3) is 0 Å². The van der Waals surface area contributed by atoms with Crippen molar-refractivity contribution in [2.45, 2.75) is 38.3 Å². The summed E-state index contributed by atoms with van der Waals surface area (Å²) in [6.45, 7) is 4.46. The molecule has 1 N–H and O–H groups in total. The topological polar surface area (TPSA) is 15.3 Å². The molecule has 2 heterocycles. The van der Waals surface area contributed by atoms with E-state index in [2.05, 4.69) is 23.2 Å². The van der Waals surface area contributed by atoms with Gasteiger partial charge in [0.05, 0.1) is 5.69 Å². The van der Waals surface area contributed by atoms with Gasteiger partial charge in [-0.05, 0) is 50.9 Å². The fraction of sp³-hybridized carbons (Fsp3) is 0.571. The van der Waals surface area contributed by atoms with E-state index >= 15 is 0 Å². The number of anilines is 1. The summed E-state index contributed by atoms with van der Waals surface area (Å²) in [6, 6.07) is 6.20. The van der Waals surface area contributed by atoms with Gasteiger partial charge in [0.25, 0.3) is 0 Å². The highest BCUT2D eigenvalue weighted by Crippen LogP contribution is 2.39. The predicted molar refractivity (Wildman–Crippen MR) is 67.6 cm³/mol. The maximum Gasteiger partial charge on any atom is 0.146 e. The van der Waals surface area contributed by atoms with E-state index in [0.717, 1.165) is 30.8 Å². The van der Waals surface area contributed by atoms with Crippen LogP contribution in [0, 0.1) is 5.82 Å². The molecule has 0 amide bonds.